The number of aryl methyl sites for hydroxylation is 2. The molecule has 0 amide bonds. The SMILES string of the molecule is CCCCCCc1c2nc3cc(-c4ccc(-c5cccs5)s4)sc3nc2c(CCCCCC)c2nc3cc(-c4ccc(-c5cccs5)s4)sc3nc12. The average Bonchev–Trinajstić information content (AvgIpc) is 4.01. The van der Waals surface area contributed by atoms with Crippen LogP contribution in [0.3, 0.4) is 0 Å². The number of fused-ring (bicyclic) bond motifs is 4. The quantitative estimate of drug-likeness (QED) is 0.0813. The van der Waals surface area contributed by atoms with Gasteiger partial charge < -0.3 is 0 Å². The molecule has 0 unspecified atom stereocenters. The van der Waals surface area contributed by atoms with E-state index in [2.05, 4.69) is 85.3 Å². The van der Waals surface area contributed by atoms with Crippen LogP contribution in [-0.4, -0.2) is 19.9 Å². The Balaban J connectivity index is 1.21. The monoisotopic (exact) mass is 790 g/mol. The van der Waals surface area contributed by atoms with E-state index in [0.717, 1.165) is 68.4 Å². The Labute approximate surface area is 327 Å². The zero-order chi connectivity index (χ0) is 35.0. The highest BCUT2D eigenvalue weighted by Crippen LogP contribution is 2.44. The van der Waals surface area contributed by atoms with Gasteiger partial charge in [-0.15, -0.1) is 68.0 Å². The summed E-state index contributed by atoms with van der Waals surface area (Å²) in [5, 5.41) is 4.30. The van der Waals surface area contributed by atoms with Crippen LogP contribution in [0.5, 0.6) is 0 Å². The van der Waals surface area contributed by atoms with Crippen LogP contribution in [0.1, 0.15) is 76.3 Å². The van der Waals surface area contributed by atoms with Gasteiger partial charge in [-0.2, -0.15) is 0 Å². The number of rotatable bonds is 14. The smallest absolute Gasteiger partial charge is 0.143 e. The molecule has 0 aliphatic carbocycles. The molecule has 4 nitrogen and oxygen atoms in total. The molecule has 0 bridgehead atoms. The van der Waals surface area contributed by atoms with Crippen molar-refractivity contribution in [3.8, 4) is 39.0 Å². The molecule has 0 saturated carbocycles. The first kappa shape index (κ1) is 34.4. The van der Waals surface area contributed by atoms with Crippen LogP contribution in [0.25, 0.3) is 81.8 Å². The first-order valence-electron chi connectivity index (χ1n) is 18.3. The third-order valence-electron chi connectivity index (χ3n) is 9.66. The molecule has 262 valence electrons. The summed E-state index contributed by atoms with van der Waals surface area (Å²) in [7, 11) is 0. The standard InChI is InChI=1S/C42H38N4S6/c1-3-5-7-9-13-25-37-40(46-42-27(43-37)23-35(52-42)33-19-17-31(49-33)29-15-11-21-47-29)26(14-10-8-6-4-2)38-39(25)45-41-28(44-38)24-36(51-41)34-20-18-32(50-34)30-16-12-22-48-30/h11-12,15-24H,3-10,13-14H2,1-2H3. The zero-order valence-corrected chi connectivity index (χ0v) is 34.1. The fourth-order valence-corrected chi connectivity index (χ4v) is 12.8. The van der Waals surface area contributed by atoms with Gasteiger partial charge in [0.1, 0.15) is 20.7 Å². The van der Waals surface area contributed by atoms with Crippen LogP contribution in [0.4, 0.5) is 0 Å². The zero-order valence-electron chi connectivity index (χ0n) is 29.2. The highest BCUT2D eigenvalue weighted by atomic mass is 32.1. The van der Waals surface area contributed by atoms with Crippen molar-refractivity contribution in [3.63, 3.8) is 0 Å². The van der Waals surface area contributed by atoms with E-state index < -0.39 is 0 Å². The Hall–Kier alpha value is -3.38. The molecule has 0 spiro atoms. The molecule has 9 aromatic rings. The van der Waals surface area contributed by atoms with E-state index in [-0.39, 0.29) is 0 Å². The summed E-state index contributed by atoms with van der Waals surface area (Å²) in [4.78, 5) is 34.2. The van der Waals surface area contributed by atoms with Gasteiger partial charge in [-0.3, -0.25) is 0 Å². The Bertz CT molecular complexity index is 2350. The molecule has 0 radical (unpaired) electrons. The third-order valence-corrected chi connectivity index (χ3v) is 16.4. The molecule has 52 heavy (non-hydrogen) atoms. The minimum absolute atomic E-state index is 0.933. The number of thiophene rings is 6. The summed E-state index contributed by atoms with van der Waals surface area (Å²) in [6.45, 7) is 4.55. The van der Waals surface area contributed by atoms with Crippen molar-refractivity contribution in [2.75, 3.05) is 0 Å². The molecule has 8 heterocycles. The summed E-state index contributed by atoms with van der Waals surface area (Å²) >= 11 is 10.8. The molecule has 0 aliphatic rings. The average molecular weight is 791 g/mol. The minimum Gasteiger partial charge on any atom is -0.243 e. The van der Waals surface area contributed by atoms with Crippen molar-refractivity contribution in [3.05, 3.63) is 82.6 Å². The first-order valence-corrected chi connectivity index (χ1v) is 23.3. The summed E-state index contributed by atoms with van der Waals surface area (Å²) in [5.41, 5.74) is 8.52. The molecule has 8 aromatic heterocycles. The second kappa shape index (κ2) is 15.2. The maximum atomic E-state index is 5.49. The summed E-state index contributed by atoms with van der Waals surface area (Å²) < 4.78 is 0. The van der Waals surface area contributed by atoms with E-state index in [1.165, 1.54) is 88.7 Å². The van der Waals surface area contributed by atoms with Gasteiger partial charge in [-0.05, 0) is 85.0 Å². The number of aromatic nitrogens is 4. The minimum atomic E-state index is 0.933. The van der Waals surface area contributed by atoms with Gasteiger partial charge in [0.2, 0.25) is 0 Å². The largest absolute Gasteiger partial charge is 0.243 e. The van der Waals surface area contributed by atoms with Gasteiger partial charge in [-0.1, -0.05) is 64.5 Å². The van der Waals surface area contributed by atoms with Crippen molar-refractivity contribution >= 4 is 111 Å². The molecule has 0 aliphatic heterocycles. The lowest BCUT2D eigenvalue weighted by Crippen LogP contribution is -2.03. The molecular formula is C42H38N4S6. The lowest BCUT2D eigenvalue weighted by atomic mass is 9.96. The molecule has 0 N–H and O–H groups in total. The highest BCUT2D eigenvalue weighted by Gasteiger charge is 2.22. The number of hydrogen-bond acceptors (Lipinski definition) is 10. The van der Waals surface area contributed by atoms with Gasteiger partial charge in [0, 0.05) is 50.1 Å². The van der Waals surface area contributed by atoms with E-state index >= 15 is 0 Å². The predicted octanol–water partition coefficient (Wildman–Crippen LogP) is 15.2. The van der Waals surface area contributed by atoms with Crippen molar-refractivity contribution in [1.82, 2.24) is 19.9 Å². The van der Waals surface area contributed by atoms with Gasteiger partial charge in [-0.25, -0.2) is 19.9 Å². The van der Waals surface area contributed by atoms with Crippen LogP contribution in [0.15, 0.2) is 71.4 Å². The maximum absolute atomic E-state index is 5.49. The van der Waals surface area contributed by atoms with Gasteiger partial charge in [0.15, 0.2) is 0 Å². The number of hydrogen-bond donors (Lipinski definition) is 0. The normalized spacial score (nSPS) is 12.0. The van der Waals surface area contributed by atoms with E-state index in [1.54, 1.807) is 45.3 Å². The van der Waals surface area contributed by atoms with Crippen LogP contribution >= 0.6 is 68.0 Å². The topological polar surface area (TPSA) is 51.6 Å². The predicted molar refractivity (Wildman–Crippen MR) is 232 cm³/mol. The molecule has 0 saturated heterocycles. The van der Waals surface area contributed by atoms with Crippen molar-refractivity contribution in [2.45, 2.75) is 78.1 Å². The Morgan fingerprint density at radius 1 is 0.423 bits per heavy atom. The Morgan fingerprint density at radius 2 is 0.846 bits per heavy atom. The van der Waals surface area contributed by atoms with Crippen molar-refractivity contribution in [1.29, 1.82) is 0 Å². The third kappa shape index (κ3) is 6.67. The van der Waals surface area contributed by atoms with Crippen LogP contribution in [0.2, 0.25) is 0 Å². The number of benzene rings is 1. The maximum Gasteiger partial charge on any atom is 0.143 e. The highest BCUT2D eigenvalue weighted by molar-refractivity contribution is 7.29. The van der Waals surface area contributed by atoms with E-state index in [0.29, 0.717) is 0 Å². The van der Waals surface area contributed by atoms with Crippen LogP contribution in [-0.2, 0) is 12.8 Å². The first-order chi connectivity index (χ1) is 25.7. The van der Waals surface area contributed by atoms with Crippen LogP contribution < -0.4 is 0 Å². The van der Waals surface area contributed by atoms with Crippen LogP contribution in [0, 0.1) is 0 Å². The van der Waals surface area contributed by atoms with Gasteiger partial charge in [0.05, 0.1) is 22.1 Å². The fourth-order valence-electron chi connectivity index (χ4n) is 7.00. The lowest BCUT2D eigenvalue weighted by Gasteiger charge is -2.15. The van der Waals surface area contributed by atoms with Crippen molar-refractivity contribution < 1.29 is 0 Å². The summed E-state index contributed by atoms with van der Waals surface area (Å²) in [6, 6.07) is 22.2. The number of unbranched alkanes of at least 4 members (excludes halogenated alkanes) is 6. The summed E-state index contributed by atoms with van der Waals surface area (Å²) in [5.74, 6) is 0. The van der Waals surface area contributed by atoms with E-state index in [1.807, 2.05) is 22.7 Å². The Morgan fingerprint density at radius 3 is 1.25 bits per heavy atom. The van der Waals surface area contributed by atoms with Crippen molar-refractivity contribution in [2.24, 2.45) is 0 Å². The second-order valence-electron chi connectivity index (χ2n) is 13.3. The molecule has 1 aromatic carbocycles. The fraction of sp³-hybridized carbons (Fsp3) is 0.286. The molecular weight excluding hydrogens is 753 g/mol. The molecule has 0 atom stereocenters. The second-order valence-corrected chi connectivity index (χ2v) is 19.4. The van der Waals surface area contributed by atoms with E-state index in [9.17, 15) is 0 Å². The van der Waals surface area contributed by atoms with Gasteiger partial charge in [0.25, 0.3) is 0 Å². The van der Waals surface area contributed by atoms with E-state index in [4.69, 9.17) is 19.9 Å². The molecule has 9 rings (SSSR count). The molecule has 0 fully saturated rings. The number of nitrogens with zero attached hydrogens (tertiary/aromatic N) is 4. The molecule has 10 heteroatoms. The lowest BCUT2D eigenvalue weighted by molar-refractivity contribution is 0.667. The van der Waals surface area contributed by atoms with Gasteiger partial charge >= 0.3 is 0 Å². The summed E-state index contributed by atoms with van der Waals surface area (Å²) in [6.07, 6.45) is 11.4. The Kier molecular flexibility index (Phi) is 10.0.